The number of carbonyl (C=O) groups excluding carboxylic acids is 1. The van der Waals surface area contributed by atoms with Crippen LogP contribution in [0, 0.1) is 3.57 Å². The Bertz CT molecular complexity index is 478. The fourth-order valence-corrected chi connectivity index (χ4v) is 3.56. The van der Waals surface area contributed by atoms with Crippen LogP contribution in [0.15, 0.2) is 22.0 Å². The van der Waals surface area contributed by atoms with Gasteiger partial charge in [-0.2, -0.15) is 0 Å². The molecule has 0 aliphatic heterocycles. The van der Waals surface area contributed by atoms with Crippen LogP contribution < -0.4 is 0 Å². The predicted molar refractivity (Wildman–Crippen MR) is 67.6 cm³/mol. The maximum absolute atomic E-state index is 10.8. The van der Waals surface area contributed by atoms with E-state index in [2.05, 4.69) is 38.5 Å². The summed E-state index contributed by atoms with van der Waals surface area (Å²) in [5.74, 6) is 0. The molecule has 13 heavy (non-hydrogen) atoms. The zero-order valence-corrected chi connectivity index (χ0v) is 10.9. The van der Waals surface area contributed by atoms with Crippen LogP contribution in [-0.2, 0) is 0 Å². The molecular formula is C9H4BrIOS. The van der Waals surface area contributed by atoms with Gasteiger partial charge >= 0.3 is 0 Å². The van der Waals surface area contributed by atoms with Gasteiger partial charge in [-0.3, -0.25) is 4.79 Å². The summed E-state index contributed by atoms with van der Waals surface area (Å²) < 4.78 is 3.14. The maximum atomic E-state index is 10.8. The van der Waals surface area contributed by atoms with Crippen LogP contribution in [0.1, 0.15) is 10.4 Å². The number of thiophene rings is 1. The van der Waals surface area contributed by atoms with Gasteiger partial charge in [0, 0.05) is 13.8 Å². The Balaban J connectivity index is 2.90. The molecule has 0 saturated carbocycles. The summed E-state index contributed by atoms with van der Waals surface area (Å²) >= 11 is 7.19. The largest absolute Gasteiger partial charge is 0.298 e. The molecule has 0 N–H and O–H groups in total. The van der Waals surface area contributed by atoms with E-state index in [1.54, 1.807) is 11.3 Å². The van der Waals surface area contributed by atoms with E-state index < -0.39 is 0 Å². The smallest absolute Gasteiger partial charge is 0.152 e. The van der Waals surface area contributed by atoms with E-state index in [0.717, 1.165) is 29.3 Å². The molecule has 0 saturated heterocycles. The molecular weight excluding hydrogens is 363 g/mol. The second-order valence-electron chi connectivity index (χ2n) is 2.55. The molecule has 0 radical (unpaired) electrons. The lowest BCUT2D eigenvalue weighted by molar-refractivity contribution is 0.112. The molecule has 0 unspecified atom stereocenters. The Morgan fingerprint density at radius 2 is 2.23 bits per heavy atom. The summed E-state index contributed by atoms with van der Waals surface area (Å²) in [6.45, 7) is 0. The molecule has 2 aromatic rings. The predicted octanol–water partition coefficient (Wildman–Crippen LogP) is 4.08. The lowest BCUT2D eigenvalue weighted by atomic mass is 10.2. The Morgan fingerprint density at radius 1 is 1.46 bits per heavy atom. The normalized spacial score (nSPS) is 10.6. The molecule has 0 aliphatic carbocycles. The number of rotatable bonds is 1. The third-order valence-electron chi connectivity index (χ3n) is 1.76. The van der Waals surface area contributed by atoms with Gasteiger partial charge in [-0.05, 0) is 56.0 Å². The molecule has 0 aliphatic rings. The van der Waals surface area contributed by atoms with Crippen molar-refractivity contribution < 1.29 is 4.79 Å². The molecule has 4 heteroatoms. The first-order valence-corrected chi connectivity index (χ1v) is 6.24. The van der Waals surface area contributed by atoms with Crippen molar-refractivity contribution in [1.82, 2.24) is 0 Å². The molecule has 0 amide bonds. The Kier molecular flexibility index (Phi) is 2.71. The average molecular weight is 367 g/mol. The summed E-state index contributed by atoms with van der Waals surface area (Å²) in [6.07, 6.45) is 0.924. The zero-order valence-electron chi connectivity index (χ0n) is 6.38. The highest BCUT2D eigenvalue weighted by Crippen LogP contribution is 2.33. The van der Waals surface area contributed by atoms with Gasteiger partial charge in [0.2, 0.25) is 0 Å². The summed E-state index contributed by atoms with van der Waals surface area (Å²) in [4.78, 5) is 10.8. The van der Waals surface area contributed by atoms with E-state index in [1.165, 1.54) is 0 Å². The van der Waals surface area contributed by atoms with Gasteiger partial charge in [0.15, 0.2) is 6.29 Å². The number of carbonyl (C=O) groups is 1. The van der Waals surface area contributed by atoms with E-state index in [-0.39, 0.29) is 0 Å². The van der Waals surface area contributed by atoms with Crippen LogP contribution >= 0.6 is 49.9 Å². The van der Waals surface area contributed by atoms with Crippen molar-refractivity contribution in [3.63, 3.8) is 0 Å². The van der Waals surface area contributed by atoms with Crippen molar-refractivity contribution in [3.8, 4) is 0 Å². The van der Waals surface area contributed by atoms with Crippen molar-refractivity contribution in [3.05, 3.63) is 31.1 Å². The van der Waals surface area contributed by atoms with Gasteiger partial charge in [0.1, 0.15) is 0 Å². The summed E-state index contributed by atoms with van der Waals surface area (Å²) in [5.41, 5.74) is 0.800. The monoisotopic (exact) mass is 366 g/mol. The highest BCUT2D eigenvalue weighted by Gasteiger charge is 2.07. The molecule has 1 aromatic carbocycles. The van der Waals surface area contributed by atoms with Crippen LogP contribution in [-0.4, -0.2) is 6.29 Å². The fourth-order valence-electron chi connectivity index (χ4n) is 1.18. The van der Waals surface area contributed by atoms with Gasteiger partial charge in [0.25, 0.3) is 0 Å². The second-order valence-corrected chi connectivity index (χ2v) is 6.14. The molecule has 0 bridgehead atoms. The Morgan fingerprint density at radius 3 is 2.92 bits per heavy atom. The number of aldehydes is 1. The van der Waals surface area contributed by atoms with Gasteiger partial charge in [-0.1, -0.05) is 6.07 Å². The molecule has 0 atom stereocenters. The second kappa shape index (κ2) is 3.67. The average Bonchev–Trinajstić information content (AvgIpc) is 2.45. The molecule has 2 rings (SSSR count). The highest BCUT2D eigenvalue weighted by atomic mass is 127. The van der Waals surface area contributed by atoms with E-state index in [9.17, 15) is 4.79 Å². The number of benzene rings is 1. The number of hydrogen-bond donors (Lipinski definition) is 0. The molecule has 0 fully saturated rings. The fraction of sp³-hybridized carbons (Fsp3) is 0. The van der Waals surface area contributed by atoms with Crippen LogP contribution in [0.4, 0.5) is 0 Å². The van der Waals surface area contributed by atoms with E-state index in [1.807, 2.05) is 18.2 Å². The molecule has 1 nitrogen and oxygen atoms in total. The van der Waals surface area contributed by atoms with Gasteiger partial charge < -0.3 is 0 Å². The molecule has 66 valence electrons. The lowest BCUT2D eigenvalue weighted by Crippen LogP contribution is -1.84. The maximum Gasteiger partial charge on any atom is 0.152 e. The Hall–Kier alpha value is 0.0600. The van der Waals surface area contributed by atoms with Crippen LogP contribution in [0.25, 0.3) is 10.1 Å². The van der Waals surface area contributed by atoms with Crippen LogP contribution in [0.3, 0.4) is 0 Å². The highest BCUT2D eigenvalue weighted by molar-refractivity contribution is 14.1. The minimum Gasteiger partial charge on any atom is -0.298 e. The van der Waals surface area contributed by atoms with Crippen molar-refractivity contribution in [2.75, 3.05) is 0 Å². The topological polar surface area (TPSA) is 17.1 Å². The molecule has 1 aromatic heterocycles. The SMILES string of the molecule is O=Cc1c(I)ccc2cc(Br)sc12. The Labute approximate surface area is 101 Å². The number of halogens is 2. The first kappa shape index (κ1) is 9.61. The van der Waals surface area contributed by atoms with Crippen molar-refractivity contribution in [2.24, 2.45) is 0 Å². The van der Waals surface area contributed by atoms with Crippen LogP contribution in [0.5, 0.6) is 0 Å². The molecule has 1 heterocycles. The minimum absolute atomic E-state index is 0.800. The summed E-state index contributed by atoms with van der Waals surface area (Å²) in [7, 11) is 0. The van der Waals surface area contributed by atoms with E-state index in [0.29, 0.717) is 0 Å². The lowest BCUT2D eigenvalue weighted by Gasteiger charge is -1.96. The standard InChI is InChI=1S/C9H4BrIOS/c10-8-3-5-1-2-7(11)6(4-12)9(5)13-8/h1-4H. The van der Waals surface area contributed by atoms with E-state index in [4.69, 9.17) is 0 Å². The summed E-state index contributed by atoms with van der Waals surface area (Å²) in [5, 5.41) is 1.12. The van der Waals surface area contributed by atoms with Gasteiger partial charge in [0.05, 0.1) is 3.79 Å². The quantitative estimate of drug-likeness (QED) is 0.549. The first-order chi connectivity index (χ1) is 6.22. The van der Waals surface area contributed by atoms with Gasteiger partial charge in [-0.15, -0.1) is 11.3 Å². The van der Waals surface area contributed by atoms with Crippen LogP contribution in [0.2, 0.25) is 0 Å². The zero-order chi connectivity index (χ0) is 9.42. The van der Waals surface area contributed by atoms with Crippen molar-refractivity contribution >= 4 is 66.2 Å². The van der Waals surface area contributed by atoms with E-state index >= 15 is 0 Å². The van der Waals surface area contributed by atoms with Gasteiger partial charge in [-0.25, -0.2) is 0 Å². The number of hydrogen-bond acceptors (Lipinski definition) is 2. The molecule has 0 spiro atoms. The third-order valence-corrected chi connectivity index (χ3v) is 4.39. The third kappa shape index (κ3) is 1.67. The van der Waals surface area contributed by atoms with Crippen molar-refractivity contribution in [2.45, 2.75) is 0 Å². The number of fused-ring (bicyclic) bond motifs is 1. The van der Waals surface area contributed by atoms with Crippen molar-refractivity contribution in [1.29, 1.82) is 0 Å². The first-order valence-electron chi connectivity index (χ1n) is 3.55. The minimum atomic E-state index is 0.800. The summed E-state index contributed by atoms with van der Waals surface area (Å²) in [6, 6.07) is 6.03.